The summed E-state index contributed by atoms with van der Waals surface area (Å²) in [4.78, 5) is 35.1. The van der Waals surface area contributed by atoms with Gasteiger partial charge >= 0.3 is 5.97 Å². The third-order valence-corrected chi connectivity index (χ3v) is 3.64. The molecule has 0 aromatic heterocycles. The van der Waals surface area contributed by atoms with Crippen LogP contribution in [0.3, 0.4) is 0 Å². The molecule has 0 aliphatic rings. The number of hydrogen-bond acceptors (Lipinski definition) is 4. The molecule has 0 unspecified atom stereocenters. The maximum atomic E-state index is 12.1. The highest BCUT2D eigenvalue weighted by atomic mass is 79.9. The monoisotopic (exact) mass is 390 g/mol. The van der Waals surface area contributed by atoms with Gasteiger partial charge in [-0.3, -0.25) is 9.59 Å². The molecule has 6 nitrogen and oxygen atoms in total. The predicted molar refractivity (Wildman–Crippen MR) is 92.6 cm³/mol. The summed E-state index contributed by atoms with van der Waals surface area (Å²) in [6.45, 7) is 1.48. The van der Waals surface area contributed by atoms with Gasteiger partial charge in [-0.2, -0.15) is 0 Å². The second kappa shape index (κ2) is 7.74. The van der Waals surface area contributed by atoms with Crippen LogP contribution in [0, 0.1) is 0 Å². The van der Waals surface area contributed by atoms with Crippen LogP contribution >= 0.6 is 15.9 Å². The van der Waals surface area contributed by atoms with Gasteiger partial charge in [-0.25, -0.2) is 4.79 Å². The van der Waals surface area contributed by atoms with E-state index in [9.17, 15) is 14.4 Å². The summed E-state index contributed by atoms with van der Waals surface area (Å²) in [6, 6.07) is 12.8. The first-order chi connectivity index (χ1) is 11.4. The quantitative estimate of drug-likeness (QED) is 0.766. The second-order valence-corrected chi connectivity index (χ2v) is 5.90. The fourth-order valence-corrected chi connectivity index (χ4v) is 2.26. The van der Waals surface area contributed by atoms with Crippen LogP contribution in [-0.4, -0.2) is 23.9 Å². The average Bonchev–Trinajstić information content (AvgIpc) is 2.55. The first-order valence-electron chi connectivity index (χ1n) is 7.04. The van der Waals surface area contributed by atoms with Crippen LogP contribution in [0.15, 0.2) is 53.0 Å². The highest BCUT2D eigenvalue weighted by molar-refractivity contribution is 9.10. The minimum atomic E-state index is -0.979. The number of nitrogens with two attached hydrogens (primary N) is 1. The molecule has 0 spiro atoms. The number of amides is 2. The first-order valence-corrected chi connectivity index (χ1v) is 7.83. The van der Waals surface area contributed by atoms with E-state index in [-0.39, 0.29) is 0 Å². The number of halogens is 1. The zero-order chi connectivity index (χ0) is 17.7. The van der Waals surface area contributed by atoms with Crippen LogP contribution < -0.4 is 11.1 Å². The smallest absolute Gasteiger partial charge is 0.338 e. The molecule has 0 radical (unpaired) electrons. The normalized spacial score (nSPS) is 11.4. The van der Waals surface area contributed by atoms with Crippen molar-refractivity contribution in [1.82, 2.24) is 0 Å². The number of benzene rings is 2. The van der Waals surface area contributed by atoms with Gasteiger partial charge in [-0.05, 0) is 49.4 Å². The largest absolute Gasteiger partial charge is 0.449 e. The molecule has 0 fully saturated rings. The van der Waals surface area contributed by atoms with E-state index in [2.05, 4.69) is 21.2 Å². The van der Waals surface area contributed by atoms with Crippen molar-refractivity contribution in [3.8, 4) is 0 Å². The number of carbonyl (C=O) groups is 3. The lowest BCUT2D eigenvalue weighted by atomic mass is 10.2. The van der Waals surface area contributed by atoms with Crippen LogP contribution in [0.25, 0.3) is 0 Å². The van der Waals surface area contributed by atoms with Crippen LogP contribution in [-0.2, 0) is 9.53 Å². The van der Waals surface area contributed by atoms with Crippen molar-refractivity contribution in [2.45, 2.75) is 13.0 Å². The zero-order valence-corrected chi connectivity index (χ0v) is 14.4. The SMILES string of the molecule is C[C@H](OC(=O)c1cccc(Br)c1)C(=O)Nc1ccc(C(N)=O)cc1. The summed E-state index contributed by atoms with van der Waals surface area (Å²) in [5.74, 6) is -1.63. The molecular weight excluding hydrogens is 376 g/mol. The molecule has 0 saturated heterocycles. The molecule has 0 heterocycles. The number of carbonyl (C=O) groups excluding carboxylic acids is 3. The number of primary amides is 1. The van der Waals surface area contributed by atoms with Crippen molar-refractivity contribution < 1.29 is 19.1 Å². The fraction of sp³-hybridized carbons (Fsp3) is 0.118. The molecule has 0 bridgehead atoms. The van der Waals surface area contributed by atoms with Crippen molar-refractivity contribution in [2.75, 3.05) is 5.32 Å². The third kappa shape index (κ3) is 4.66. The molecular formula is C17H15BrN2O4. The Balaban J connectivity index is 1.96. The number of rotatable bonds is 5. The molecule has 0 aliphatic heterocycles. The molecule has 2 amide bonds. The lowest BCUT2D eigenvalue weighted by Gasteiger charge is -2.13. The highest BCUT2D eigenvalue weighted by Gasteiger charge is 2.19. The molecule has 24 heavy (non-hydrogen) atoms. The van der Waals surface area contributed by atoms with Crippen molar-refractivity contribution in [3.05, 3.63) is 64.1 Å². The van der Waals surface area contributed by atoms with E-state index in [1.807, 2.05) is 0 Å². The fourth-order valence-electron chi connectivity index (χ4n) is 1.86. The van der Waals surface area contributed by atoms with Gasteiger partial charge in [0.2, 0.25) is 5.91 Å². The second-order valence-electron chi connectivity index (χ2n) is 4.99. The Morgan fingerprint density at radius 3 is 2.33 bits per heavy atom. The van der Waals surface area contributed by atoms with Gasteiger partial charge in [0.25, 0.3) is 5.91 Å². The molecule has 0 saturated carbocycles. The number of esters is 1. The molecule has 3 N–H and O–H groups in total. The minimum absolute atomic E-state index is 0.335. The van der Waals surface area contributed by atoms with Crippen molar-refractivity contribution in [1.29, 1.82) is 0 Å². The molecule has 1 atom stereocenters. The lowest BCUT2D eigenvalue weighted by Crippen LogP contribution is -2.30. The van der Waals surface area contributed by atoms with Gasteiger partial charge in [0.05, 0.1) is 5.56 Å². The van der Waals surface area contributed by atoms with Gasteiger partial charge in [0.15, 0.2) is 6.10 Å². The Bertz CT molecular complexity index is 774. The maximum Gasteiger partial charge on any atom is 0.338 e. The van der Waals surface area contributed by atoms with E-state index in [4.69, 9.17) is 10.5 Å². The number of anilines is 1. The average molecular weight is 391 g/mol. The Morgan fingerprint density at radius 2 is 1.75 bits per heavy atom. The van der Waals surface area contributed by atoms with E-state index in [1.165, 1.54) is 19.1 Å². The molecule has 2 rings (SSSR count). The van der Waals surface area contributed by atoms with E-state index in [1.54, 1.807) is 36.4 Å². The summed E-state index contributed by atoms with van der Waals surface area (Å²) >= 11 is 3.27. The molecule has 124 valence electrons. The lowest BCUT2D eigenvalue weighted by molar-refractivity contribution is -0.123. The third-order valence-electron chi connectivity index (χ3n) is 3.15. The standard InChI is InChI=1S/C17H15BrN2O4/c1-10(24-17(23)12-3-2-4-13(18)9-12)16(22)20-14-7-5-11(6-8-14)15(19)21/h2-10H,1H3,(H2,19,21)(H,20,22)/t10-/m0/s1. The van der Waals surface area contributed by atoms with Crippen molar-refractivity contribution in [2.24, 2.45) is 5.73 Å². The first kappa shape index (κ1) is 17.7. The van der Waals surface area contributed by atoms with E-state index < -0.39 is 23.9 Å². The van der Waals surface area contributed by atoms with Crippen molar-refractivity contribution in [3.63, 3.8) is 0 Å². The van der Waals surface area contributed by atoms with E-state index in [0.29, 0.717) is 16.8 Å². The Hall–Kier alpha value is -2.67. The van der Waals surface area contributed by atoms with Crippen LogP contribution in [0.4, 0.5) is 5.69 Å². The zero-order valence-electron chi connectivity index (χ0n) is 12.8. The number of hydrogen-bond donors (Lipinski definition) is 2. The van der Waals surface area contributed by atoms with Crippen LogP contribution in [0.2, 0.25) is 0 Å². The predicted octanol–water partition coefficient (Wildman–Crippen LogP) is 2.73. The Morgan fingerprint density at radius 1 is 1.08 bits per heavy atom. The highest BCUT2D eigenvalue weighted by Crippen LogP contribution is 2.14. The molecule has 2 aromatic rings. The minimum Gasteiger partial charge on any atom is -0.449 e. The van der Waals surface area contributed by atoms with Gasteiger partial charge in [-0.1, -0.05) is 22.0 Å². The van der Waals surface area contributed by atoms with Gasteiger partial charge < -0.3 is 15.8 Å². The number of nitrogens with one attached hydrogen (secondary N) is 1. The summed E-state index contributed by atoms with van der Waals surface area (Å²) in [7, 11) is 0. The van der Waals surface area contributed by atoms with Gasteiger partial charge in [0.1, 0.15) is 0 Å². The van der Waals surface area contributed by atoms with Gasteiger partial charge in [0, 0.05) is 15.7 Å². The Labute approximate surface area is 147 Å². The molecule has 7 heteroatoms. The molecule has 0 aliphatic carbocycles. The topological polar surface area (TPSA) is 98.5 Å². The van der Waals surface area contributed by atoms with Crippen LogP contribution in [0.1, 0.15) is 27.6 Å². The summed E-state index contributed by atoms with van der Waals surface area (Å²) in [5.41, 5.74) is 6.29. The summed E-state index contributed by atoms with van der Waals surface area (Å²) in [6.07, 6.45) is -0.979. The van der Waals surface area contributed by atoms with Crippen molar-refractivity contribution >= 4 is 39.4 Å². The van der Waals surface area contributed by atoms with Gasteiger partial charge in [-0.15, -0.1) is 0 Å². The van der Waals surface area contributed by atoms with Crippen LogP contribution in [0.5, 0.6) is 0 Å². The summed E-state index contributed by atoms with van der Waals surface area (Å²) in [5, 5.41) is 2.60. The summed E-state index contributed by atoms with van der Waals surface area (Å²) < 4.78 is 5.88. The van der Waals surface area contributed by atoms with E-state index in [0.717, 1.165) is 4.47 Å². The maximum absolute atomic E-state index is 12.1. The Kier molecular flexibility index (Phi) is 5.70. The number of ether oxygens (including phenoxy) is 1. The molecule has 2 aromatic carbocycles. The van der Waals surface area contributed by atoms with E-state index >= 15 is 0 Å².